The number of halogens is 1. The first-order chi connectivity index (χ1) is 15.5. The largest absolute Gasteiger partial charge is 0.378 e. The molecule has 0 aliphatic carbocycles. The lowest BCUT2D eigenvalue weighted by Gasteiger charge is -2.12. The average molecular weight is 463 g/mol. The number of hydrogen-bond donors (Lipinski definition) is 1. The topological polar surface area (TPSA) is 59.8 Å². The summed E-state index contributed by atoms with van der Waals surface area (Å²) >= 11 is 7.64. The van der Waals surface area contributed by atoms with E-state index in [0.717, 1.165) is 22.8 Å². The number of carbonyl (C=O) groups excluding carboxylic acids is 1. The van der Waals surface area contributed by atoms with Crippen LogP contribution in [0.3, 0.4) is 0 Å². The van der Waals surface area contributed by atoms with Gasteiger partial charge in [-0.25, -0.2) is 0 Å². The molecule has 5 nitrogen and oxygen atoms in total. The van der Waals surface area contributed by atoms with E-state index < -0.39 is 0 Å². The number of benzene rings is 3. The van der Waals surface area contributed by atoms with E-state index in [1.165, 1.54) is 17.3 Å². The number of nitrogens with one attached hydrogen (secondary N) is 1. The molecule has 1 aromatic heterocycles. The van der Waals surface area contributed by atoms with Gasteiger partial charge in [0.2, 0.25) is 0 Å². The van der Waals surface area contributed by atoms with Crippen LogP contribution in [0.4, 0.5) is 5.69 Å². The fourth-order valence-electron chi connectivity index (χ4n) is 3.18. The van der Waals surface area contributed by atoms with Gasteiger partial charge >= 0.3 is 0 Å². The first-order valence-electron chi connectivity index (χ1n) is 10.2. The van der Waals surface area contributed by atoms with Gasteiger partial charge in [-0.2, -0.15) is 0 Å². The van der Waals surface area contributed by atoms with Gasteiger partial charge in [-0.3, -0.25) is 9.36 Å². The van der Waals surface area contributed by atoms with Gasteiger partial charge in [0.15, 0.2) is 16.8 Å². The Kier molecular flexibility index (Phi) is 6.93. The maximum absolute atomic E-state index is 12.6. The minimum Gasteiger partial charge on any atom is -0.378 e. The van der Waals surface area contributed by atoms with Crippen LogP contribution in [0.15, 0.2) is 78.0 Å². The van der Waals surface area contributed by atoms with Gasteiger partial charge in [0.1, 0.15) is 0 Å². The molecule has 0 aliphatic heterocycles. The van der Waals surface area contributed by atoms with Crippen LogP contribution < -0.4 is 5.32 Å². The van der Waals surface area contributed by atoms with E-state index in [9.17, 15) is 4.79 Å². The predicted molar refractivity (Wildman–Crippen MR) is 131 cm³/mol. The second-order valence-corrected chi connectivity index (χ2v) is 8.81. The third kappa shape index (κ3) is 5.21. The predicted octanol–water partition coefficient (Wildman–Crippen LogP) is 6.12. The molecular formula is C25H23ClN4OS. The lowest BCUT2D eigenvalue weighted by atomic mass is 10.2. The lowest BCUT2D eigenvalue weighted by molar-refractivity contribution is 0.102. The van der Waals surface area contributed by atoms with Crippen molar-refractivity contribution >= 4 is 34.8 Å². The van der Waals surface area contributed by atoms with Crippen molar-refractivity contribution in [2.24, 2.45) is 0 Å². The quantitative estimate of drug-likeness (QED) is 0.252. The summed E-state index contributed by atoms with van der Waals surface area (Å²) in [7, 11) is 0. The highest BCUT2D eigenvalue weighted by molar-refractivity contribution is 7.99. The van der Waals surface area contributed by atoms with Crippen molar-refractivity contribution in [1.82, 2.24) is 14.8 Å². The molecule has 0 unspecified atom stereocenters. The summed E-state index contributed by atoms with van der Waals surface area (Å²) in [4.78, 5) is 12.6. The van der Waals surface area contributed by atoms with E-state index >= 15 is 0 Å². The molecule has 3 aromatic carbocycles. The van der Waals surface area contributed by atoms with Crippen LogP contribution in [0.25, 0.3) is 5.69 Å². The van der Waals surface area contributed by atoms with E-state index in [4.69, 9.17) is 11.6 Å². The number of rotatable bonds is 8. The van der Waals surface area contributed by atoms with Crippen LogP contribution in [0.2, 0.25) is 5.02 Å². The first kappa shape index (κ1) is 22.1. The molecule has 0 radical (unpaired) electrons. The zero-order valence-electron chi connectivity index (χ0n) is 17.9. The Morgan fingerprint density at radius 3 is 2.47 bits per heavy atom. The molecule has 0 bridgehead atoms. The molecule has 7 heteroatoms. The van der Waals surface area contributed by atoms with Gasteiger partial charge in [-0.05, 0) is 43.7 Å². The van der Waals surface area contributed by atoms with E-state index in [0.29, 0.717) is 22.3 Å². The van der Waals surface area contributed by atoms with E-state index in [-0.39, 0.29) is 11.5 Å². The van der Waals surface area contributed by atoms with Crippen LogP contribution in [-0.2, 0) is 6.54 Å². The van der Waals surface area contributed by atoms with E-state index in [1.807, 2.05) is 79.1 Å². The normalized spacial score (nSPS) is 10.8. The maximum Gasteiger partial charge on any atom is 0.196 e. The van der Waals surface area contributed by atoms with Crippen LogP contribution in [0, 0.1) is 13.8 Å². The fourth-order valence-corrected chi connectivity index (χ4v) is 4.23. The van der Waals surface area contributed by atoms with Crippen molar-refractivity contribution in [2.75, 3.05) is 11.1 Å². The Morgan fingerprint density at radius 1 is 1.00 bits per heavy atom. The summed E-state index contributed by atoms with van der Waals surface area (Å²) in [6, 6.07) is 23.3. The summed E-state index contributed by atoms with van der Waals surface area (Å²) in [5.41, 5.74) is 4.76. The Bertz CT molecular complexity index is 1220. The van der Waals surface area contributed by atoms with E-state index in [1.54, 1.807) is 0 Å². The molecule has 32 heavy (non-hydrogen) atoms. The van der Waals surface area contributed by atoms with Gasteiger partial charge in [0.25, 0.3) is 0 Å². The number of hydrogen-bond acceptors (Lipinski definition) is 5. The Hall–Kier alpha value is -3.09. The standard InChI is InChI=1S/C25H23ClN4OS/c1-17-8-12-21(13-9-17)30-24(15-27-20-11-10-18(2)22(26)14-20)28-29-25(30)32-16-23(31)19-6-4-3-5-7-19/h3-14,27H,15-16H2,1-2H3. The summed E-state index contributed by atoms with van der Waals surface area (Å²) in [6.07, 6.45) is 0. The van der Waals surface area contributed by atoms with Gasteiger partial charge in [-0.1, -0.05) is 77.5 Å². The monoisotopic (exact) mass is 462 g/mol. The summed E-state index contributed by atoms with van der Waals surface area (Å²) < 4.78 is 1.99. The van der Waals surface area contributed by atoms with Crippen LogP contribution in [-0.4, -0.2) is 26.3 Å². The number of Topliss-reactive ketones (excluding diaryl/α,β-unsaturated/α-hetero) is 1. The number of aryl methyl sites for hydroxylation is 2. The number of anilines is 1. The third-order valence-corrected chi connectivity index (χ3v) is 6.38. The van der Waals surface area contributed by atoms with Gasteiger partial charge in [0, 0.05) is 22.0 Å². The van der Waals surface area contributed by atoms with Crippen molar-refractivity contribution in [3.8, 4) is 5.69 Å². The highest BCUT2D eigenvalue weighted by Gasteiger charge is 2.16. The fraction of sp³-hybridized carbons (Fsp3) is 0.160. The van der Waals surface area contributed by atoms with Crippen molar-refractivity contribution in [2.45, 2.75) is 25.5 Å². The molecular weight excluding hydrogens is 440 g/mol. The second-order valence-electron chi connectivity index (χ2n) is 7.47. The van der Waals surface area contributed by atoms with Crippen LogP contribution >= 0.6 is 23.4 Å². The number of aromatic nitrogens is 3. The summed E-state index contributed by atoms with van der Waals surface area (Å²) in [5, 5.41) is 13.6. The van der Waals surface area contributed by atoms with Gasteiger partial charge < -0.3 is 5.32 Å². The Labute approximate surface area is 196 Å². The molecule has 4 aromatic rings. The number of carbonyl (C=O) groups is 1. The van der Waals surface area contributed by atoms with Crippen molar-refractivity contribution < 1.29 is 4.79 Å². The molecule has 0 atom stereocenters. The number of thioether (sulfide) groups is 1. The molecule has 4 rings (SSSR count). The minimum atomic E-state index is 0.0584. The molecule has 162 valence electrons. The molecule has 0 aliphatic rings. The third-order valence-electron chi connectivity index (χ3n) is 5.04. The smallest absolute Gasteiger partial charge is 0.196 e. The van der Waals surface area contributed by atoms with Crippen LogP contribution in [0.5, 0.6) is 0 Å². The second kappa shape index (κ2) is 10.0. The number of nitrogens with zero attached hydrogens (tertiary/aromatic N) is 3. The first-order valence-corrected chi connectivity index (χ1v) is 11.6. The minimum absolute atomic E-state index is 0.0584. The molecule has 0 saturated heterocycles. The molecule has 1 N–H and O–H groups in total. The number of ketones is 1. The van der Waals surface area contributed by atoms with Gasteiger partial charge in [0.05, 0.1) is 12.3 Å². The zero-order valence-corrected chi connectivity index (χ0v) is 19.5. The van der Waals surface area contributed by atoms with Crippen molar-refractivity contribution in [3.05, 3.63) is 100 Å². The lowest BCUT2D eigenvalue weighted by Crippen LogP contribution is -2.09. The highest BCUT2D eigenvalue weighted by Crippen LogP contribution is 2.25. The summed E-state index contributed by atoms with van der Waals surface area (Å²) in [6.45, 7) is 4.49. The molecule has 1 heterocycles. The molecule has 0 fully saturated rings. The maximum atomic E-state index is 12.6. The van der Waals surface area contributed by atoms with Crippen molar-refractivity contribution in [1.29, 1.82) is 0 Å². The Balaban J connectivity index is 1.57. The highest BCUT2D eigenvalue weighted by atomic mass is 35.5. The van der Waals surface area contributed by atoms with Gasteiger partial charge in [-0.15, -0.1) is 10.2 Å². The average Bonchev–Trinajstić information content (AvgIpc) is 3.22. The van der Waals surface area contributed by atoms with E-state index in [2.05, 4.69) is 27.6 Å². The summed E-state index contributed by atoms with van der Waals surface area (Å²) in [5.74, 6) is 1.10. The zero-order chi connectivity index (χ0) is 22.5. The SMILES string of the molecule is Cc1ccc(-n2c(CNc3ccc(C)c(Cl)c3)nnc2SCC(=O)c2ccccc2)cc1. The molecule has 0 saturated carbocycles. The van der Waals surface area contributed by atoms with Crippen LogP contribution in [0.1, 0.15) is 27.3 Å². The van der Waals surface area contributed by atoms with Crippen molar-refractivity contribution in [3.63, 3.8) is 0 Å². The molecule has 0 spiro atoms. The molecule has 0 amide bonds. The Morgan fingerprint density at radius 2 is 1.75 bits per heavy atom.